The van der Waals surface area contributed by atoms with Crippen LogP contribution in [0.25, 0.3) is 0 Å². The lowest BCUT2D eigenvalue weighted by Gasteiger charge is -2.26. The summed E-state index contributed by atoms with van der Waals surface area (Å²) in [5.41, 5.74) is 0.262. The second-order valence-corrected chi connectivity index (χ2v) is 7.69. The fourth-order valence-electron chi connectivity index (χ4n) is 1.52. The number of hydrogen-bond acceptors (Lipinski definition) is 1. The van der Waals surface area contributed by atoms with Crippen LogP contribution in [0.5, 0.6) is 0 Å². The SMILES string of the molecule is CCCCCC(C#CO[Si](C)C)C(C)(C)C. The third-order valence-corrected chi connectivity index (χ3v) is 3.14. The standard InChI is InChI=1S/C14H27OSi/c1-7-8-9-10-13(14(2,3)4)11-12-15-16(5)6/h13H,7-10H2,1-6H3. The minimum absolute atomic E-state index is 0.262. The van der Waals surface area contributed by atoms with E-state index in [1.165, 1.54) is 25.7 Å². The Balaban J connectivity index is 4.25. The van der Waals surface area contributed by atoms with E-state index in [-0.39, 0.29) is 5.41 Å². The molecule has 0 aromatic heterocycles. The number of hydrogen-bond donors (Lipinski definition) is 0. The molecular weight excluding hydrogens is 212 g/mol. The maximum absolute atomic E-state index is 5.41. The molecule has 0 saturated heterocycles. The molecular formula is C14H27OSi. The molecule has 0 aromatic rings. The van der Waals surface area contributed by atoms with E-state index in [1.807, 2.05) is 0 Å². The molecule has 0 N–H and O–H groups in total. The Morgan fingerprint density at radius 3 is 2.25 bits per heavy atom. The molecule has 1 atom stereocenters. The maximum atomic E-state index is 5.41. The maximum Gasteiger partial charge on any atom is 0.289 e. The minimum atomic E-state index is -0.673. The van der Waals surface area contributed by atoms with Gasteiger partial charge in [-0.1, -0.05) is 52.9 Å². The van der Waals surface area contributed by atoms with Gasteiger partial charge in [-0.2, -0.15) is 0 Å². The van der Waals surface area contributed by atoms with Gasteiger partial charge in [-0.25, -0.2) is 0 Å². The average Bonchev–Trinajstić information content (AvgIpc) is 2.13. The highest BCUT2D eigenvalue weighted by Crippen LogP contribution is 2.29. The van der Waals surface area contributed by atoms with Crippen LogP contribution in [0.15, 0.2) is 0 Å². The Hall–Kier alpha value is -0.423. The average molecular weight is 239 g/mol. The second kappa shape index (κ2) is 7.79. The molecule has 0 bridgehead atoms. The third kappa shape index (κ3) is 7.82. The molecule has 0 fully saturated rings. The lowest BCUT2D eigenvalue weighted by atomic mass is 9.78. The first-order valence-electron chi connectivity index (χ1n) is 6.35. The summed E-state index contributed by atoms with van der Waals surface area (Å²) in [6, 6.07) is 0. The van der Waals surface area contributed by atoms with Crippen LogP contribution in [0.3, 0.4) is 0 Å². The zero-order chi connectivity index (χ0) is 12.6. The molecule has 0 saturated carbocycles. The van der Waals surface area contributed by atoms with Crippen molar-refractivity contribution < 1.29 is 4.43 Å². The van der Waals surface area contributed by atoms with E-state index in [2.05, 4.69) is 52.8 Å². The van der Waals surface area contributed by atoms with Gasteiger partial charge < -0.3 is 4.43 Å². The van der Waals surface area contributed by atoms with Crippen LogP contribution in [0.2, 0.25) is 13.1 Å². The molecule has 0 aromatic carbocycles. The second-order valence-electron chi connectivity index (χ2n) is 5.67. The van der Waals surface area contributed by atoms with Gasteiger partial charge in [0.05, 0.1) is 6.11 Å². The quantitative estimate of drug-likeness (QED) is 0.391. The van der Waals surface area contributed by atoms with Gasteiger partial charge >= 0.3 is 0 Å². The van der Waals surface area contributed by atoms with Gasteiger partial charge in [0, 0.05) is 5.92 Å². The van der Waals surface area contributed by atoms with E-state index in [9.17, 15) is 0 Å². The molecule has 93 valence electrons. The van der Waals surface area contributed by atoms with Crippen molar-refractivity contribution in [2.24, 2.45) is 11.3 Å². The predicted molar refractivity (Wildman–Crippen MR) is 73.4 cm³/mol. The zero-order valence-electron chi connectivity index (χ0n) is 11.8. The van der Waals surface area contributed by atoms with Gasteiger partial charge in [-0.3, -0.25) is 0 Å². The lowest BCUT2D eigenvalue weighted by molar-refractivity contribution is 0.280. The summed E-state index contributed by atoms with van der Waals surface area (Å²) >= 11 is 0. The van der Waals surface area contributed by atoms with Crippen LogP contribution in [-0.4, -0.2) is 9.04 Å². The first kappa shape index (κ1) is 15.6. The van der Waals surface area contributed by atoms with Crippen molar-refractivity contribution in [3.63, 3.8) is 0 Å². The molecule has 16 heavy (non-hydrogen) atoms. The summed E-state index contributed by atoms with van der Waals surface area (Å²) in [7, 11) is -0.673. The highest BCUT2D eigenvalue weighted by Gasteiger charge is 2.22. The van der Waals surface area contributed by atoms with Gasteiger partial charge in [0.1, 0.15) is 0 Å². The summed E-state index contributed by atoms with van der Waals surface area (Å²) in [6.45, 7) is 13.3. The number of rotatable bonds is 5. The van der Waals surface area contributed by atoms with Gasteiger partial charge in [0.25, 0.3) is 9.04 Å². The van der Waals surface area contributed by atoms with Crippen molar-refractivity contribution in [1.82, 2.24) is 0 Å². The normalized spacial score (nSPS) is 13.2. The van der Waals surface area contributed by atoms with E-state index < -0.39 is 9.04 Å². The molecule has 1 radical (unpaired) electrons. The smallest absolute Gasteiger partial charge is 0.289 e. The summed E-state index contributed by atoms with van der Waals surface area (Å²) < 4.78 is 5.41. The fourth-order valence-corrected chi connectivity index (χ4v) is 1.79. The monoisotopic (exact) mass is 239 g/mol. The molecule has 2 heteroatoms. The largest absolute Gasteiger partial charge is 0.500 e. The summed E-state index contributed by atoms with van der Waals surface area (Å²) in [4.78, 5) is 0. The van der Waals surface area contributed by atoms with E-state index in [4.69, 9.17) is 4.43 Å². The van der Waals surface area contributed by atoms with Gasteiger partial charge in [-0.05, 0) is 24.9 Å². The van der Waals surface area contributed by atoms with E-state index in [0.29, 0.717) is 5.92 Å². The Labute approximate surface area is 104 Å². The Kier molecular flexibility index (Phi) is 7.58. The highest BCUT2D eigenvalue weighted by atomic mass is 28.3. The van der Waals surface area contributed by atoms with Gasteiger partial charge in [0.15, 0.2) is 0 Å². The van der Waals surface area contributed by atoms with Crippen LogP contribution < -0.4 is 0 Å². The summed E-state index contributed by atoms with van der Waals surface area (Å²) in [6.07, 6.45) is 7.98. The molecule has 1 nitrogen and oxygen atoms in total. The summed E-state index contributed by atoms with van der Waals surface area (Å²) in [5.74, 6) is 3.76. The molecule has 0 heterocycles. The predicted octanol–water partition coefficient (Wildman–Crippen LogP) is 4.46. The van der Waals surface area contributed by atoms with Crippen LogP contribution >= 0.6 is 0 Å². The van der Waals surface area contributed by atoms with Crippen molar-refractivity contribution in [3.05, 3.63) is 0 Å². The van der Waals surface area contributed by atoms with E-state index in [0.717, 1.165) is 0 Å². The molecule has 1 unspecified atom stereocenters. The van der Waals surface area contributed by atoms with Crippen molar-refractivity contribution >= 4 is 9.04 Å². The van der Waals surface area contributed by atoms with Crippen LogP contribution in [-0.2, 0) is 4.43 Å². The lowest BCUT2D eigenvalue weighted by Crippen LogP contribution is -2.19. The van der Waals surface area contributed by atoms with Crippen molar-refractivity contribution in [2.75, 3.05) is 0 Å². The van der Waals surface area contributed by atoms with Gasteiger partial charge in [-0.15, -0.1) is 0 Å². The molecule has 0 rings (SSSR count). The van der Waals surface area contributed by atoms with Crippen LogP contribution in [0, 0.1) is 23.4 Å². The Bertz CT molecular complexity index is 229. The van der Waals surface area contributed by atoms with Crippen molar-refractivity contribution in [1.29, 1.82) is 0 Å². The molecule has 0 spiro atoms. The van der Waals surface area contributed by atoms with Crippen molar-refractivity contribution in [3.8, 4) is 12.0 Å². The van der Waals surface area contributed by atoms with Crippen LogP contribution in [0.4, 0.5) is 0 Å². The molecule has 0 aliphatic carbocycles. The zero-order valence-corrected chi connectivity index (χ0v) is 12.8. The molecule has 0 aliphatic heterocycles. The summed E-state index contributed by atoms with van der Waals surface area (Å²) in [5, 5.41) is 0. The Morgan fingerprint density at radius 1 is 1.19 bits per heavy atom. The highest BCUT2D eigenvalue weighted by molar-refractivity contribution is 6.48. The minimum Gasteiger partial charge on any atom is -0.500 e. The Morgan fingerprint density at radius 2 is 1.81 bits per heavy atom. The molecule has 0 aliphatic rings. The van der Waals surface area contributed by atoms with Gasteiger partial charge in [0.2, 0.25) is 0 Å². The first-order valence-corrected chi connectivity index (χ1v) is 8.76. The van der Waals surface area contributed by atoms with E-state index >= 15 is 0 Å². The fraction of sp³-hybridized carbons (Fsp3) is 0.857. The van der Waals surface area contributed by atoms with E-state index in [1.54, 1.807) is 0 Å². The topological polar surface area (TPSA) is 9.23 Å². The third-order valence-electron chi connectivity index (χ3n) is 2.63. The molecule has 0 amide bonds. The van der Waals surface area contributed by atoms with Crippen molar-refractivity contribution in [2.45, 2.75) is 66.5 Å². The number of unbranched alkanes of at least 4 members (excludes halogenated alkanes) is 2. The van der Waals surface area contributed by atoms with Crippen LogP contribution in [0.1, 0.15) is 53.4 Å². The first-order chi connectivity index (χ1) is 7.38.